The SMILES string of the molecule is CC(C)(C)C1OCC(C)(C=O)N1C(=O)c1ccccc1. The average molecular weight is 275 g/mol. The normalized spacial score (nSPS) is 26.6. The second-order valence-corrected chi connectivity index (χ2v) is 6.55. The monoisotopic (exact) mass is 275 g/mol. The molecule has 1 aromatic rings. The van der Waals surface area contributed by atoms with Crippen LogP contribution < -0.4 is 0 Å². The van der Waals surface area contributed by atoms with Crippen LogP contribution >= 0.6 is 0 Å². The minimum absolute atomic E-state index is 0.169. The van der Waals surface area contributed by atoms with Gasteiger partial charge in [0, 0.05) is 11.0 Å². The number of carbonyl (C=O) groups is 2. The summed E-state index contributed by atoms with van der Waals surface area (Å²) in [5, 5.41) is 0. The predicted molar refractivity (Wildman–Crippen MR) is 76.3 cm³/mol. The van der Waals surface area contributed by atoms with Crippen LogP contribution in [-0.4, -0.2) is 35.5 Å². The number of amides is 1. The van der Waals surface area contributed by atoms with Gasteiger partial charge < -0.3 is 9.53 Å². The Bertz CT molecular complexity index is 506. The van der Waals surface area contributed by atoms with Crippen molar-refractivity contribution in [2.75, 3.05) is 6.61 Å². The fourth-order valence-corrected chi connectivity index (χ4v) is 2.45. The number of nitrogens with zero attached hydrogens (tertiary/aromatic N) is 1. The lowest BCUT2D eigenvalue weighted by Gasteiger charge is -2.38. The highest BCUT2D eigenvalue weighted by molar-refractivity contribution is 5.97. The molecule has 2 unspecified atom stereocenters. The molecule has 0 spiro atoms. The third-order valence-electron chi connectivity index (χ3n) is 3.55. The molecule has 0 aromatic heterocycles. The second kappa shape index (κ2) is 5.02. The van der Waals surface area contributed by atoms with Gasteiger partial charge in [-0.3, -0.25) is 9.69 Å². The zero-order valence-electron chi connectivity index (χ0n) is 12.4. The van der Waals surface area contributed by atoms with Crippen LogP contribution in [0.15, 0.2) is 30.3 Å². The van der Waals surface area contributed by atoms with Gasteiger partial charge >= 0.3 is 0 Å². The van der Waals surface area contributed by atoms with Gasteiger partial charge in [-0.05, 0) is 19.1 Å². The Labute approximate surface area is 119 Å². The number of aldehydes is 1. The van der Waals surface area contributed by atoms with E-state index in [0.29, 0.717) is 5.56 Å². The van der Waals surface area contributed by atoms with Gasteiger partial charge in [-0.1, -0.05) is 39.0 Å². The van der Waals surface area contributed by atoms with Gasteiger partial charge in [0.1, 0.15) is 18.1 Å². The van der Waals surface area contributed by atoms with Gasteiger partial charge in [0.25, 0.3) is 5.91 Å². The molecule has 0 bridgehead atoms. The van der Waals surface area contributed by atoms with Crippen molar-refractivity contribution in [2.24, 2.45) is 5.41 Å². The highest BCUT2D eigenvalue weighted by atomic mass is 16.5. The first kappa shape index (κ1) is 14.7. The third kappa shape index (κ3) is 2.48. The van der Waals surface area contributed by atoms with Crippen LogP contribution in [0, 0.1) is 5.41 Å². The van der Waals surface area contributed by atoms with Crippen molar-refractivity contribution in [3.05, 3.63) is 35.9 Å². The molecule has 4 nitrogen and oxygen atoms in total. The molecular weight excluding hydrogens is 254 g/mol. The van der Waals surface area contributed by atoms with Gasteiger partial charge in [0.15, 0.2) is 0 Å². The predicted octanol–water partition coefficient (Wildman–Crippen LogP) is 2.49. The van der Waals surface area contributed by atoms with Gasteiger partial charge in [0.05, 0.1) is 6.61 Å². The topological polar surface area (TPSA) is 46.6 Å². The lowest BCUT2D eigenvalue weighted by molar-refractivity contribution is -0.116. The Morgan fingerprint density at radius 2 is 1.95 bits per heavy atom. The fraction of sp³-hybridized carbons (Fsp3) is 0.500. The summed E-state index contributed by atoms with van der Waals surface area (Å²) in [6.45, 7) is 7.97. The maximum atomic E-state index is 12.8. The van der Waals surface area contributed by atoms with Crippen molar-refractivity contribution in [1.82, 2.24) is 4.90 Å². The van der Waals surface area contributed by atoms with E-state index in [4.69, 9.17) is 4.74 Å². The molecule has 20 heavy (non-hydrogen) atoms. The van der Waals surface area contributed by atoms with E-state index in [0.717, 1.165) is 6.29 Å². The summed E-state index contributed by atoms with van der Waals surface area (Å²) in [6.07, 6.45) is 0.393. The summed E-state index contributed by atoms with van der Waals surface area (Å²) in [5.74, 6) is -0.169. The number of ether oxygens (including phenoxy) is 1. The molecule has 1 aliphatic rings. The molecule has 0 N–H and O–H groups in total. The van der Waals surface area contributed by atoms with Crippen LogP contribution in [0.2, 0.25) is 0 Å². The summed E-state index contributed by atoms with van der Waals surface area (Å²) < 4.78 is 5.75. The average Bonchev–Trinajstić information content (AvgIpc) is 2.77. The first-order valence-corrected chi connectivity index (χ1v) is 6.76. The molecule has 0 saturated carbocycles. The molecule has 1 saturated heterocycles. The van der Waals surface area contributed by atoms with Crippen molar-refractivity contribution in [1.29, 1.82) is 0 Å². The minimum atomic E-state index is -0.912. The summed E-state index contributed by atoms with van der Waals surface area (Å²) >= 11 is 0. The largest absolute Gasteiger partial charge is 0.355 e. The Morgan fingerprint density at radius 3 is 2.45 bits per heavy atom. The van der Waals surface area contributed by atoms with Crippen LogP contribution in [0.1, 0.15) is 38.1 Å². The standard InChI is InChI=1S/C16H21NO3/c1-15(2,3)14-17(16(4,10-18)11-20-14)13(19)12-8-6-5-7-9-12/h5-10,14H,11H2,1-4H3. The Balaban J connectivity index is 2.42. The highest BCUT2D eigenvalue weighted by Crippen LogP contribution is 2.37. The zero-order chi connectivity index (χ0) is 15.0. The van der Waals surface area contributed by atoms with E-state index in [1.807, 2.05) is 39.0 Å². The van der Waals surface area contributed by atoms with E-state index in [1.165, 1.54) is 0 Å². The van der Waals surface area contributed by atoms with Crippen LogP contribution in [0.4, 0.5) is 0 Å². The van der Waals surface area contributed by atoms with E-state index in [9.17, 15) is 9.59 Å². The van der Waals surface area contributed by atoms with Gasteiger partial charge in [-0.15, -0.1) is 0 Å². The van der Waals surface area contributed by atoms with Crippen LogP contribution in [-0.2, 0) is 9.53 Å². The Hall–Kier alpha value is -1.68. The molecule has 0 radical (unpaired) electrons. The van der Waals surface area contributed by atoms with Crippen molar-refractivity contribution in [3.8, 4) is 0 Å². The van der Waals surface area contributed by atoms with Crippen LogP contribution in [0.25, 0.3) is 0 Å². The number of hydrogen-bond acceptors (Lipinski definition) is 3. The summed E-state index contributed by atoms with van der Waals surface area (Å²) in [5.41, 5.74) is -0.601. The third-order valence-corrected chi connectivity index (χ3v) is 3.55. The maximum absolute atomic E-state index is 12.8. The van der Waals surface area contributed by atoms with E-state index in [-0.39, 0.29) is 17.9 Å². The van der Waals surface area contributed by atoms with E-state index < -0.39 is 11.8 Å². The fourth-order valence-electron chi connectivity index (χ4n) is 2.45. The number of rotatable bonds is 2. The lowest BCUT2D eigenvalue weighted by Crippen LogP contribution is -2.54. The molecule has 1 aliphatic heterocycles. The first-order valence-electron chi connectivity index (χ1n) is 6.76. The smallest absolute Gasteiger partial charge is 0.256 e. The van der Waals surface area contributed by atoms with Crippen LogP contribution in [0.5, 0.6) is 0 Å². The number of carbonyl (C=O) groups excluding carboxylic acids is 2. The first-order chi connectivity index (χ1) is 9.29. The Morgan fingerprint density at radius 1 is 1.35 bits per heavy atom. The molecule has 2 rings (SSSR count). The van der Waals surface area contributed by atoms with Crippen molar-refractivity contribution in [2.45, 2.75) is 39.5 Å². The second-order valence-electron chi connectivity index (χ2n) is 6.55. The van der Waals surface area contributed by atoms with Crippen LogP contribution in [0.3, 0.4) is 0 Å². The molecule has 1 heterocycles. The van der Waals surface area contributed by atoms with E-state index in [2.05, 4.69) is 0 Å². The van der Waals surface area contributed by atoms with Gasteiger partial charge in [-0.2, -0.15) is 0 Å². The van der Waals surface area contributed by atoms with Crippen molar-refractivity contribution in [3.63, 3.8) is 0 Å². The molecule has 0 aliphatic carbocycles. The minimum Gasteiger partial charge on any atom is -0.355 e. The number of hydrogen-bond donors (Lipinski definition) is 0. The molecule has 4 heteroatoms. The molecule has 1 aromatic carbocycles. The molecular formula is C16H21NO3. The highest BCUT2D eigenvalue weighted by Gasteiger charge is 2.51. The van der Waals surface area contributed by atoms with Crippen molar-refractivity contribution < 1.29 is 14.3 Å². The summed E-state index contributed by atoms with van der Waals surface area (Å²) in [7, 11) is 0. The lowest BCUT2D eigenvalue weighted by atomic mass is 9.91. The van der Waals surface area contributed by atoms with Gasteiger partial charge in [0.2, 0.25) is 0 Å². The van der Waals surface area contributed by atoms with Crippen molar-refractivity contribution >= 4 is 12.2 Å². The van der Waals surface area contributed by atoms with E-state index in [1.54, 1.807) is 24.0 Å². The number of benzene rings is 1. The van der Waals surface area contributed by atoms with Gasteiger partial charge in [-0.25, -0.2) is 0 Å². The van der Waals surface area contributed by atoms with E-state index >= 15 is 0 Å². The molecule has 1 fully saturated rings. The molecule has 1 amide bonds. The maximum Gasteiger partial charge on any atom is 0.256 e. The zero-order valence-corrected chi connectivity index (χ0v) is 12.4. The quantitative estimate of drug-likeness (QED) is 0.779. The summed E-state index contributed by atoms with van der Waals surface area (Å²) in [4.78, 5) is 25.8. The summed E-state index contributed by atoms with van der Waals surface area (Å²) in [6, 6.07) is 9.00. The molecule has 2 atom stereocenters. The molecule has 108 valence electrons. The Kier molecular flexibility index (Phi) is 3.69.